The van der Waals surface area contributed by atoms with Gasteiger partial charge in [-0.25, -0.2) is 9.38 Å². The van der Waals surface area contributed by atoms with Crippen molar-refractivity contribution in [1.82, 2.24) is 25.4 Å². The van der Waals surface area contributed by atoms with Gasteiger partial charge in [0.05, 0.1) is 12.6 Å². The molecule has 0 aliphatic rings. The number of aliphatic imine (C=N–C) groups is 1. The minimum Gasteiger partial charge on any atom is -0.489 e. The van der Waals surface area contributed by atoms with Crippen molar-refractivity contribution >= 4 is 5.96 Å². The van der Waals surface area contributed by atoms with Crippen molar-refractivity contribution in [3.63, 3.8) is 0 Å². The topological polar surface area (TPSA) is 76.4 Å². The Morgan fingerprint density at radius 2 is 1.81 bits per heavy atom. The molecule has 2 atom stereocenters. The standard InChI is InChI=1S/C23H29FN6O/c1-16(31-21-12-10-20(24)11-13-21)14-25-23(26-15-22-29-28-18(3)30(22)4)27-17(2)19-8-6-5-7-9-19/h5-13,16-17H,14-15H2,1-4H3,(H2,25,26,27). The number of ether oxygens (including phenoxy) is 1. The summed E-state index contributed by atoms with van der Waals surface area (Å²) in [7, 11) is 1.92. The zero-order chi connectivity index (χ0) is 22.2. The van der Waals surface area contributed by atoms with Crippen LogP contribution in [0.3, 0.4) is 0 Å². The van der Waals surface area contributed by atoms with Gasteiger partial charge in [0.2, 0.25) is 0 Å². The molecule has 1 heterocycles. The van der Waals surface area contributed by atoms with E-state index >= 15 is 0 Å². The van der Waals surface area contributed by atoms with Gasteiger partial charge in [0.1, 0.15) is 30.0 Å². The van der Waals surface area contributed by atoms with Gasteiger partial charge >= 0.3 is 0 Å². The van der Waals surface area contributed by atoms with Gasteiger partial charge in [-0.2, -0.15) is 0 Å². The number of rotatable bonds is 8. The highest BCUT2D eigenvalue weighted by atomic mass is 19.1. The average molecular weight is 425 g/mol. The molecule has 0 fully saturated rings. The third-order valence-corrected chi connectivity index (χ3v) is 4.92. The number of halogens is 1. The van der Waals surface area contributed by atoms with Gasteiger partial charge in [0.15, 0.2) is 11.8 Å². The van der Waals surface area contributed by atoms with Crippen LogP contribution in [0.5, 0.6) is 5.75 Å². The van der Waals surface area contributed by atoms with E-state index < -0.39 is 0 Å². The number of nitrogens with one attached hydrogen (secondary N) is 2. The van der Waals surface area contributed by atoms with Crippen molar-refractivity contribution in [1.29, 1.82) is 0 Å². The largest absolute Gasteiger partial charge is 0.489 e. The summed E-state index contributed by atoms with van der Waals surface area (Å²) >= 11 is 0. The molecule has 3 rings (SSSR count). The summed E-state index contributed by atoms with van der Waals surface area (Å²) in [6.07, 6.45) is -0.151. The molecule has 8 heteroatoms. The van der Waals surface area contributed by atoms with E-state index in [2.05, 4.69) is 39.9 Å². The van der Waals surface area contributed by atoms with Gasteiger partial charge in [-0.1, -0.05) is 30.3 Å². The lowest BCUT2D eigenvalue weighted by Crippen LogP contribution is -2.42. The molecule has 3 aromatic rings. The monoisotopic (exact) mass is 424 g/mol. The first-order valence-electron chi connectivity index (χ1n) is 10.3. The molecule has 0 radical (unpaired) electrons. The fourth-order valence-corrected chi connectivity index (χ4v) is 2.95. The molecule has 2 N–H and O–H groups in total. The predicted octanol–water partition coefficient (Wildman–Crippen LogP) is 3.53. The van der Waals surface area contributed by atoms with Gasteiger partial charge in [-0.05, 0) is 50.6 Å². The fourth-order valence-electron chi connectivity index (χ4n) is 2.95. The van der Waals surface area contributed by atoms with Gasteiger partial charge in [-0.3, -0.25) is 0 Å². The Balaban J connectivity index is 1.66. The van der Waals surface area contributed by atoms with Crippen LogP contribution < -0.4 is 15.4 Å². The molecule has 0 bridgehead atoms. The molecule has 0 aliphatic carbocycles. The second kappa shape index (κ2) is 10.6. The summed E-state index contributed by atoms with van der Waals surface area (Å²) in [6, 6.07) is 16.2. The van der Waals surface area contributed by atoms with Crippen LogP contribution >= 0.6 is 0 Å². The van der Waals surface area contributed by atoms with Crippen LogP contribution in [-0.4, -0.2) is 33.4 Å². The maximum Gasteiger partial charge on any atom is 0.192 e. The van der Waals surface area contributed by atoms with Crippen LogP contribution in [0.15, 0.2) is 59.6 Å². The van der Waals surface area contributed by atoms with Gasteiger partial charge in [0.25, 0.3) is 0 Å². The van der Waals surface area contributed by atoms with Crippen molar-refractivity contribution in [2.24, 2.45) is 12.0 Å². The molecule has 1 aromatic heterocycles. The molecule has 2 unspecified atom stereocenters. The average Bonchev–Trinajstić information content (AvgIpc) is 3.10. The molecular weight excluding hydrogens is 395 g/mol. The third-order valence-electron chi connectivity index (χ3n) is 4.92. The highest BCUT2D eigenvalue weighted by Crippen LogP contribution is 2.13. The van der Waals surface area contributed by atoms with Crippen LogP contribution in [0.25, 0.3) is 0 Å². The Morgan fingerprint density at radius 3 is 2.45 bits per heavy atom. The third kappa shape index (κ3) is 6.53. The van der Waals surface area contributed by atoms with Crippen LogP contribution in [-0.2, 0) is 13.6 Å². The number of guanidine groups is 1. The lowest BCUT2D eigenvalue weighted by atomic mass is 10.1. The lowest BCUT2D eigenvalue weighted by molar-refractivity contribution is 0.223. The number of benzene rings is 2. The van der Waals surface area contributed by atoms with Gasteiger partial charge < -0.3 is 19.9 Å². The Bertz CT molecular complexity index is 987. The molecule has 0 saturated heterocycles. The van der Waals surface area contributed by atoms with E-state index in [1.165, 1.54) is 12.1 Å². The van der Waals surface area contributed by atoms with Crippen LogP contribution in [0.1, 0.15) is 37.1 Å². The van der Waals surface area contributed by atoms with E-state index in [0.717, 1.165) is 17.2 Å². The van der Waals surface area contributed by atoms with Crippen molar-refractivity contribution in [3.05, 3.63) is 77.6 Å². The first-order chi connectivity index (χ1) is 14.9. The van der Waals surface area contributed by atoms with E-state index in [9.17, 15) is 4.39 Å². The molecule has 0 amide bonds. The minimum atomic E-state index is -0.286. The summed E-state index contributed by atoms with van der Waals surface area (Å²) in [5, 5.41) is 15.0. The first kappa shape index (κ1) is 22.3. The normalized spacial score (nSPS) is 13.5. The molecule has 164 valence electrons. The SMILES string of the molecule is Cc1nnc(CN=C(NCC(C)Oc2ccc(F)cc2)NC(C)c2ccccc2)n1C. The molecule has 31 heavy (non-hydrogen) atoms. The summed E-state index contributed by atoms with van der Waals surface area (Å²) < 4.78 is 20.9. The van der Waals surface area contributed by atoms with Crippen LogP contribution in [0, 0.1) is 12.7 Å². The van der Waals surface area contributed by atoms with E-state index in [-0.39, 0.29) is 18.0 Å². The number of aromatic nitrogens is 3. The van der Waals surface area contributed by atoms with E-state index in [0.29, 0.717) is 24.8 Å². The highest BCUT2D eigenvalue weighted by Gasteiger charge is 2.11. The smallest absolute Gasteiger partial charge is 0.192 e. The maximum atomic E-state index is 13.1. The summed E-state index contributed by atoms with van der Waals surface area (Å²) in [5.41, 5.74) is 1.15. The summed E-state index contributed by atoms with van der Waals surface area (Å²) in [4.78, 5) is 4.69. The molecule has 0 spiro atoms. The van der Waals surface area contributed by atoms with Crippen LogP contribution in [0.2, 0.25) is 0 Å². The second-order valence-corrected chi connectivity index (χ2v) is 7.43. The van der Waals surface area contributed by atoms with Crippen molar-refractivity contribution in [2.75, 3.05) is 6.54 Å². The predicted molar refractivity (Wildman–Crippen MR) is 119 cm³/mol. The zero-order valence-electron chi connectivity index (χ0n) is 18.3. The number of hydrogen-bond acceptors (Lipinski definition) is 4. The van der Waals surface area contributed by atoms with E-state index in [4.69, 9.17) is 9.73 Å². The summed E-state index contributed by atoms with van der Waals surface area (Å²) in [5.74, 6) is 2.60. The van der Waals surface area contributed by atoms with Crippen molar-refractivity contribution in [2.45, 2.75) is 39.5 Å². The molecule has 7 nitrogen and oxygen atoms in total. The van der Waals surface area contributed by atoms with Crippen LogP contribution in [0.4, 0.5) is 4.39 Å². The Kier molecular flexibility index (Phi) is 7.59. The number of aryl methyl sites for hydroxylation is 1. The van der Waals surface area contributed by atoms with Gasteiger partial charge in [0, 0.05) is 7.05 Å². The summed E-state index contributed by atoms with van der Waals surface area (Å²) in [6.45, 7) is 6.84. The second-order valence-electron chi connectivity index (χ2n) is 7.43. The lowest BCUT2D eigenvalue weighted by Gasteiger charge is -2.21. The molecule has 0 saturated carbocycles. The fraction of sp³-hybridized carbons (Fsp3) is 0.348. The van der Waals surface area contributed by atoms with Gasteiger partial charge in [-0.15, -0.1) is 10.2 Å². The van der Waals surface area contributed by atoms with Crippen molar-refractivity contribution in [3.8, 4) is 5.75 Å². The number of nitrogens with zero attached hydrogens (tertiary/aromatic N) is 4. The Hall–Kier alpha value is -3.42. The van der Waals surface area contributed by atoms with Crippen molar-refractivity contribution < 1.29 is 9.13 Å². The number of hydrogen-bond donors (Lipinski definition) is 2. The quantitative estimate of drug-likeness (QED) is 0.427. The zero-order valence-corrected chi connectivity index (χ0v) is 18.3. The van der Waals surface area contributed by atoms with E-state index in [1.807, 2.05) is 43.7 Å². The highest BCUT2D eigenvalue weighted by molar-refractivity contribution is 5.80. The van der Waals surface area contributed by atoms with E-state index in [1.54, 1.807) is 12.1 Å². The molecule has 2 aromatic carbocycles. The Morgan fingerprint density at radius 1 is 1.10 bits per heavy atom. The first-order valence-corrected chi connectivity index (χ1v) is 10.3. The minimum absolute atomic E-state index is 0.0574. The maximum absolute atomic E-state index is 13.1. The Labute approximate surface area is 182 Å². The molecular formula is C23H29FN6O. The molecule has 0 aliphatic heterocycles.